The molecule has 276 valence electrons. The topological polar surface area (TPSA) is 89.6 Å². The number of allylic oxidation sites excluding steroid dienone is 1. The molecule has 4 heterocycles. The fraction of sp³-hybridized carbons (Fsp3) is 0.378. The molecule has 0 spiro atoms. The normalized spacial score (nSPS) is 15.8. The fourth-order valence-electron chi connectivity index (χ4n) is 6.37. The van der Waals surface area contributed by atoms with Gasteiger partial charge in [-0.3, -0.25) is 9.69 Å². The van der Waals surface area contributed by atoms with Crippen LogP contribution in [0.5, 0.6) is 11.5 Å². The minimum Gasteiger partial charge on any atom is -0.507 e. The van der Waals surface area contributed by atoms with Gasteiger partial charge in [0.25, 0.3) is 0 Å². The number of rotatable bonds is 6. The maximum Gasteiger partial charge on any atom is 0.416 e. The third-order valence-electron chi connectivity index (χ3n) is 8.98. The summed E-state index contributed by atoms with van der Waals surface area (Å²) in [5, 5.41) is 19.6. The third kappa shape index (κ3) is 9.35. The molecule has 0 atom stereocenters. The summed E-state index contributed by atoms with van der Waals surface area (Å²) in [6, 6.07) is 15.0. The Kier molecular flexibility index (Phi) is 13.8. The van der Waals surface area contributed by atoms with Crippen molar-refractivity contribution in [2.24, 2.45) is 0 Å². The Morgan fingerprint density at radius 3 is 2.27 bits per heavy atom. The van der Waals surface area contributed by atoms with Gasteiger partial charge < -0.3 is 29.2 Å². The second-order valence-corrected chi connectivity index (χ2v) is 13.6. The first-order valence-electron chi connectivity index (χ1n) is 16.4. The van der Waals surface area contributed by atoms with E-state index in [9.17, 15) is 23.1 Å². The van der Waals surface area contributed by atoms with Crippen molar-refractivity contribution < 1.29 is 32.5 Å². The number of hydrogen-bond acceptors (Lipinski definition) is 9. The van der Waals surface area contributed by atoms with Crippen LogP contribution in [0.2, 0.25) is 0 Å². The summed E-state index contributed by atoms with van der Waals surface area (Å²) < 4.78 is 51.1. The highest BCUT2D eigenvalue weighted by molar-refractivity contribution is 7.99. The molecule has 7 rings (SSSR count). The Labute approximate surface area is 311 Å². The fourth-order valence-corrected chi connectivity index (χ4v) is 7.45. The molecule has 0 bridgehead atoms. The van der Waals surface area contributed by atoms with Gasteiger partial charge in [0.15, 0.2) is 5.43 Å². The van der Waals surface area contributed by atoms with Gasteiger partial charge in [0.05, 0.1) is 23.5 Å². The number of hydrogen-bond donors (Lipinski definition) is 2. The van der Waals surface area contributed by atoms with E-state index in [1.165, 1.54) is 30.0 Å². The van der Waals surface area contributed by atoms with Crippen molar-refractivity contribution in [1.29, 1.82) is 0 Å². The summed E-state index contributed by atoms with van der Waals surface area (Å²) in [4.78, 5) is 20.6. The van der Waals surface area contributed by atoms with Crippen molar-refractivity contribution in [1.82, 2.24) is 9.80 Å². The molecular weight excluding hydrogens is 726 g/mol. The molecule has 3 aliphatic rings. The largest absolute Gasteiger partial charge is 0.507 e. The highest BCUT2D eigenvalue weighted by atomic mass is 35.5. The molecule has 1 fully saturated rings. The number of phenols is 1. The van der Waals surface area contributed by atoms with Crippen LogP contribution in [0.4, 0.5) is 24.5 Å². The molecule has 8 nitrogen and oxygen atoms in total. The number of piperazine rings is 1. The van der Waals surface area contributed by atoms with Crippen LogP contribution in [0.1, 0.15) is 30.2 Å². The molecule has 51 heavy (non-hydrogen) atoms. The van der Waals surface area contributed by atoms with Gasteiger partial charge in [-0.15, -0.1) is 24.8 Å². The summed E-state index contributed by atoms with van der Waals surface area (Å²) >= 11 is 1.53. The zero-order valence-corrected chi connectivity index (χ0v) is 30.8. The lowest BCUT2D eigenvalue weighted by Crippen LogP contribution is -2.47. The van der Waals surface area contributed by atoms with Crippen LogP contribution in [0.25, 0.3) is 11.0 Å². The number of fused-ring (bicyclic) bond motifs is 4. The number of nitrogens with zero attached hydrogens (tertiary/aromatic N) is 3. The van der Waals surface area contributed by atoms with Gasteiger partial charge in [-0.2, -0.15) is 13.2 Å². The minimum absolute atomic E-state index is 0. The van der Waals surface area contributed by atoms with E-state index in [2.05, 4.69) is 9.80 Å². The summed E-state index contributed by atoms with van der Waals surface area (Å²) in [7, 11) is 0. The number of ether oxygens (including phenoxy) is 1. The zero-order chi connectivity index (χ0) is 34.7. The van der Waals surface area contributed by atoms with Crippen molar-refractivity contribution in [3.8, 4) is 11.5 Å². The molecule has 0 saturated carbocycles. The number of benzene rings is 3. The standard InChI is InChI=1S/C22H26F3N3OS.C15H14O4.2ClH/c23-22(24,25)17-6-7-21-19(16-17)28(18-4-1-2-5-20(18)30-21)9-3-8-26-10-12-27(13-11-26)14-15-29;1-8-3-4-10-12(18-7-8)6-13-14(15(10)17)11(16)5-9(2)19-13;;/h1-2,4-7,16,29H,3,8-15H2;3,5-6,17H,4,7H2,1-2H3;2*1H. The average Bonchev–Trinajstić information content (AvgIpc) is 3.26. The second-order valence-electron chi connectivity index (χ2n) is 12.5. The summed E-state index contributed by atoms with van der Waals surface area (Å²) in [6.07, 6.45) is -0.936. The lowest BCUT2D eigenvalue weighted by molar-refractivity contribution is -0.137. The summed E-state index contributed by atoms with van der Waals surface area (Å²) in [5.74, 6) is 1.05. The van der Waals surface area contributed by atoms with Gasteiger partial charge in [-0.05, 0) is 69.1 Å². The number of anilines is 2. The maximum atomic E-state index is 13.3. The highest BCUT2D eigenvalue weighted by Crippen LogP contribution is 2.49. The van der Waals surface area contributed by atoms with Gasteiger partial charge in [-0.25, -0.2) is 0 Å². The van der Waals surface area contributed by atoms with E-state index in [0.29, 0.717) is 54.5 Å². The van der Waals surface area contributed by atoms with Gasteiger partial charge >= 0.3 is 6.18 Å². The Bertz CT molecular complexity index is 1920. The van der Waals surface area contributed by atoms with E-state index in [1.807, 2.05) is 42.2 Å². The molecule has 0 unspecified atom stereocenters. The first-order chi connectivity index (χ1) is 23.5. The zero-order valence-electron chi connectivity index (χ0n) is 28.4. The van der Waals surface area contributed by atoms with Crippen molar-refractivity contribution >= 4 is 58.9 Å². The number of phenolic OH excluding ortho intramolecular Hbond substituents is 1. The molecule has 0 radical (unpaired) electrons. The number of β-amino-alcohol motifs (C(OH)–C–C–N with tert-alkyl or cyclic N) is 1. The smallest absolute Gasteiger partial charge is 0.416 e. The molecule has 4 aromatic rings. The second kappa shape index (κ2) is 17.4. The average molecular weight is 769 g/mol. The van der Waals surface area contributed by atoms with Crippen LogP contribution in [0.3, 0.4) is 0 Å². The number of para-hydroxylation sites is 1. The Morgan fingerprint density at radius 1 is 0.882 bits per heavy atom. The van der Waals surface area contributed by atoms with Crippen molar-refractivity contribution in [3.05, 3.63) is 93.4 Å². The number of aromatic hydroxyl groups is 1. The number of aryl methyl sites for hydroxylation is 1. The Balaban J connectivity index is 0.000000241. The van der Waals surface area contributed by atoms with Gasteiger partial charge in [-0.1, -0.05) is 30.0 Å². The quantitative estimate of drug-likeness (QED) is 0.191. The van der Waals surface area contributed by atoms with E-state index in [-0.39, 0.29) is 48.0 Å². The highest BCUT2D eigenvalue weighted by Gasteiger charge is 2.33. The predicted octanol–water partition coefficient (Wildman–Crippen LogP) is 7.84. The van der Waals surface area contributed by atoms with E-state index in [4.69, 9.17) is 14.3 Å². The molecule has 1 saturated heterocycles. The molecule has 3 aliphatic heterocycles. The maximum absolute atomic E-state index is 13.3. The molecular formula is C37H42Cl2F3N3O5S. The van der Waals surface area contributed by atoms with Crippen molar-refractivity contribution in [3.63, 3.8) is 0 Å². The molecule has 14 heteroatoms. The van der Waals surface area contributed by atoms with Crippen LogP contribution in [-0.4, -0.2) is 79.0 Å². The van der Waals surface area contributed by atoms with Crippen LogP contribution in [-0.2, 0) is 12.6 Å². The molecule has 0 aliphatic carbocycles. The first kappa shape index (κ1) is 40.4. The number of aliphatic hydroxyl groups excluding tert-OH is 1. The predicted molar refractivity (Wildman–Crippen MR) is 200 cm³/mol. The van der Waals surface area contributed by atoms with Gasteiger partial charge in [0, 0.05) is 66.8 Å². The van der Waals surface area contributed by atoms with Crippen molar-refractivity contribution in [2.45, 2.75) is 42.7 Å². The summed E-state index contributed by atoms with van der Waals surface area (Å²) in [5.41, 5.74) is 2.87. The van der Waals surface area contributed by atoms with Crippen LogP contribution < -0.4 is 15.1 Å². The van der Waals surface area contributed by atoms with E-state index in [0.717, 1.165) is 60.2 Å². The van der Waals surface area contributed by atoms with Gasteiger partial charge in [0.1, 0.15) is 34.8 Å². The lowest BCUT2D eigenvalue weighted by Gasteiger charge is -2.36. The van der Waals surface area contributed by atoms with Gasteiger partial charge in [0.2, 0.25) is 0 Å². The lowest BCUT2D eigenvalue weighted by atomic mass is 10.0. The SMILES string of the molecule is CC1=CCc2c(cc3oc(C)cc(=O)c3c2O)OC1.Cl.Cl.OCCN1CCN(CCCN2c3ccccc3Sc3ccc(C(F)(F)F)cc32)CC1. The summed E-state index contributed by atoms with van der Waals surface area (Å²) in [6.45, 7) is 10.4. The molecule has 3 aromatic carbocycles. The van der Waals surface area contributed by atoms with Crippen molar-refractivity contribution in [2.75, 3.05) is 63.9 Å². The van der Waals surface area contributed by atoms with Crippen LogP contribution in [0.15, 0.2) is 85.2 Å². The number of aliphatic hydroxyl groups is 1. The minimum atomic E-state index is -4.35. The number of halogens is 5. The van der Waals surface area contributed by atoms with Crippen LogP contribution in [0, 0.1) is 6.92 Å². The van der Waals surface area contributed by atoms with E-state index in [1.54, 1.807) is 19.1 Å². The molecule has 2 N–H and O–H groups in total. The van der Waals surface area contributed by atoms with E-state index < -0.39 is 11.7 Å². The Morgan fingerprint density at radius 2 is 1.57 bits per heavy atom. The molecule has 1 aromatic heterocycles. The molecule has 0 amide bonds. The number of alkyl halides is 3. The first-order valence-corrected chi connectivity index (χ1v) is 17.2. The Hall–Kier alpha value is -3.39. The third-order valence-corrected chi connectivity index (χ3v) is 10.1. The monoisotopic (exact) mass is 767 g/mol. The van der Waals surface area contributed by atoms with E-state index >= 15 is 0 Å². The van der Waals surface area contributed by atoms with Crippen LogP contribution >= 0.6 is 36.6 Å².